The minimum atomic E-state index is -1.10. The predicted octanol–water partition coefficient (Wildman–Crippen LogP) is 1.15. The number of aryl methyl sites for hydroxylation is 3. The van der Waals surface area contributed by atoms with Crippen molar-refractivity contribution in [2.45, 2.75) is 19.4 Å². The zero-order valence-electron chi connectivity index (χ0n) is 12.5. The van der Waals surface area contributed by atoms with Gasteiger partial charge in [-0.2, -0.15) is 5.10 Å². The predicted molar refractivity (Wildman–Crippen MR) is 81.0 cm³/mol. The number of nitrogens with zero attached hydrogens (tertiary/aromatic N) is 3. The lowest BCUT2D eigenvalue weighted by Gasteiger charge is -2.14. The van der Waals surface area contributed by atoms with E-state index in [1.54, 1.807) is 42.7 Å². The molecule has 1 amide bonds. The van der Waals surface area contributed by atoms with Gasteiger partial charge < -0.3 is 15.0 Å². The van der Waals surface area contributed by atoms with E-state index in [2.05, 4.69) is 10.4 Å². The summed E-state index contributed by atoms with van der Waals surface area (Å²) in [5.74, 6) is -1.58. The standard InChI is InChI=1S/C14H17ClN4O3/c1-8-9(6-19(3)17-8)4-11(14(21)22)16-13(20)12-5-10(15)7-18(12)2/h5-7,11H,4H2,1-3H3,(H,16,20)(H,21,22). The third kappa shape index (κ3) is 3.48. The Morgan fingerprint density at radius 1 is 1.41 bits per heavy atom. The van der Waals surface area contributed by atoms with Gasteiger partial charge in [0.15, 0.2) is 0 Å². The molecule has 0 bridgehead atoms. The molecule has 22 heavy (non-hydrogen) atoms. The highest BCUT2D eigenvalue weighted by atomic mass is 35.5. The van der Waals surface area contributed by atoms with Crippen molar-refractivity contribution < 1.29 is 14.7 Å². The molecule has 1 unspecified atom stereocenters. The first-order valence-corrected chi connectivity index (χ1v) is 7.00. The summed E-state index contributed by atoms with van der Waals surface area (Å²) in [6.45, 7) is 1.80. The van der Waals surface area contributed by atoms with E-state index in [1.165, 1.54) is 6.07 Å². The maximum Gasteiger partial charge on any atom is 0.326 e. The van der Waals surface area contributed by atoms with E-state index in [-0.39, 0.29) is 6.42 Å². The van der Waals surface area contributed by atoms with Crippen LogP contribution in [0.15, 0.2) is 18.5 Å². The number of halogens is 1. The first-order valence-electron chi connectivity index (χ1n) is 6.62. The number of amides is 1. The molecule has 0 saturated heterocycles. The average Bonchev–Trinajstić information content (AvgIpc) is 2.90. The fourth-order valence-corrected chi connectivity index (χ4v) is 2.50. The lowest BCUT2D eigenvalue weighted by atomic mass is 10.1. The van der Waals surface area contributed by atoms with Gasteiger partial charge in [-0.25, -0.2) is 4.79 Å². The SMILES string of the molecule is Cc1nn(C)cc1CC(NC(=O)c1cc(Cl)cn1C)C(=O)O. The van der Waals surface area contributed by atoms with Gasteiger partial charge in [0.1, 0.15) is 11.7 Å². The van der Waals surface area contributed by atoms with Crippen LogP contribution in [-0.4, -0.2) is 37.4 Å². The zero-order valence-corrected chi connectivity index (χ0v) is 13.3. The second kappa shape index (κ2) is 6.23. The van der Waals surface area contributed by atoms with E-state index in [0.717, 1.165) is 11.3 Å². The third-order valence-electron chi connectivity index (χ3n) is 3.35. The average molecular weight is 325 g/mol. The number of rotatable bonds is 5. The van der Waals surface area contributed by atoms with Crippen LogP contribution < -0.4 is 5.32 Å². The number of hydrogen-bond acceptors (Lipinski definition) is 3. The molecule has 2 heterocycles. The molecule has 118 valence electrons. The summed E-state index contributed by atoms with van der Waals surface area (Å²) in [6, 6.07) is 0.453. The Hall–Kier alpha value is -2.28. The van der Waals surface area contributed by atoms with E-state index in [9.17, 15) is 14.7 Å². The Labute approximate surface area is 132 Å². The van der Waals surface area contributed by atoms with Gasteiger partial charge in [-0.05, 0) is 18.6 Å². The summed E-state index contributed by atoms with van der Waals surface area (Å²) in [5.41, 5.74) is 1.82. The quantitative estimate of drug-likeness (QED) is 0.863. The molecule has 0 aromatic carbocycles. The third-order valence-corrected chi connectivity index (χ3v) is 3.55. The van der Waals surface area contributed by atoms with Crippen molar-refractivity contribution in [2.24, 2.45) is 14.1 Å². The zero-order chi connectivity index (χ0) is 16.4. The highest BCUT2D eigenvalue weighted by Gasteiger charge is 2.24. The summed E-state index contributed by atoms with van der Waals surface area (Å²) < 4.78 is 3.16. The normalized spacial score (nSPS) is 12.2. The maximum absolute atomic E-state index is 12.2. The molecule has 0 spiro atoms. The Morgan fingerprint density at radius 3 is 2.55 bits per heavy atom. The van der Waals surface area contributed by atoms with E-state index in [4.69, 9.17) is 11.6 Å². The molecule has 2 rings (SSSR count). The van der Waals surface area contributed by atoms with Gasteiger partial charge >= 0.3 is 5.97 Å². The fourth-order valence-electron chi connectivity index (χ4n) is 2.25. The number of carboxylic acids is 1. The Bertz CT molecular complexity index is 720. The van der Waals surface area contributed by atoms with Crippen molar-refractivity contribution in [3.63, 3.8) is 0 Å². The molecule has 8 heteroatoms. The number of carboxylic acid groups (broad SMARTS) is 1. The van der Waals surface area contributed by atoms with Crippen LogP contribution in [0.25, 0.3) is 0 Å². The highest BCUT2D eigenvalue weighted by molar-refractivity contribution is 6.31. The van der Waals surface area contributed by atoms with Crippen molar-refractivity contribution in [3.05, 3.63) is 40.4 Å². The van der Waals surface area contributed by atoms with Crippen LogP contribution in [0.4, 0.5) is 0 Å². The van der Waals surface area contributed by atoms with Crippen LogP contribution in [0, 0.1) is 6.92 Å². The van der Waals surface area contributed by atoms with Crippen molar-refractivity contribution in [1.82, 2.24) is 19.7 Å². The number of aliphatic carboxylic acids is 1. The van der Waals surface area contributed by atoms with Gasteiger partial charge in [-0.15, -0.1) is 0 Å². The summed E-state index contributed by atoms with van der Waals surface area (Å²) in [6.07, 6.45) is 3.49. The van der Waals surface area contributed by atoms with E-state index in [1.807, 2.05) is 0 Å². The summed E-state index contributed by atoms with van der Waals surface area (Å²) in [5, 5.41) is 16.4. The van der Waals surface area contributed by atoms with Gasteiger partial charge in [0, 0.05) is 32.9 Å². The van der Waals surface area contributed by atoms with E-state index >= 15 is 0 Å². The molecule has 0 fully saturated rings. The lowest BCUT2D eigenvalue weighted by Crippen LogP contribution is -2.42. The molecule has 7 nitrogen and oxygen atoms in total. The van der Waals surface area contributed by atoms with E-state index < -0.39 is 17.9 Å². The molecular weight excluding hydrogens is 308 g/mol. The number of carbonyl (C=O) groups is 2. The first-order chi connectivity index (χ1) is 10.3. The molecule has 0 radical (unpaired) electrons. The van der Waals surface area contributed by atoms with Gasteiger partial charge in [0.25, 0.3) is 5.91 Å². The Kier molecular flexibility index (Phi) is 4.56. The lowest BCUT2D eigenvalue weighted by molar-refractivity contribution is -0.139. The minimum Gasteiger partial charge on any atom is -0.480 e. The maximum atomic E-state index is 12.2. The monoisotopic (exact) mass is 324 g/mol. The second-order valence-corrected chi connectivity index (χ2v) is 5.57. The minimum absolute atomic E-state index is 0.166. The van der Waals surface area contributed by atoms with E-state index in [0.29, 0.717) is 10.7 Å². The Morgan fingerprint density at radius 2 is 2.09 bits per heavy atom. The summed E-state index contributed by atoms with van der Waals surface area (Å²) in [7, 11) is 3.43. The van der Waals surface area contributed by atoms with Crippen LogP contribution in [0.1, 0.15) is 21.7 Å². The summed E-state index contributed by atoms with van der Waals surface area (Å²) >= 11 is 5.83. The van der Waals surface area contributed by atoms with Crippen molar-refractivity contribution in [2.75, 3.05) is 0 Å². The van der Waals surface area contributed by atoms with Crippen molar-refractivity contribution in [1.29, 1.82) is 0 Å². The highest BCUT2D eigenvalue weighted by Crippen LogP contribution is 2.14. The van der Waals surface area contributed by atoms with Gasteiger partial charge in [-0.1, -0.05) is 11.6 Å². The summed E-state index contributed by atoms with van der Waals surface area (Å²) in [4.78, 5) is 23.6. The van der Waals surface area contributed by atoms with Crippen molar-refractivity contribution >= 4 is 23.5 Å². The molecule has 0 aliphatic rings. The molecular formula is C14H17ClN4O3. The molecule has 2 aromatic heterocycles. The molecule has 1 atom stereocenters. The van der Waals surface area contributed by atoms with Crippen LogP contribution in [0.5, 0.6) is 0 Å². The molecule has 0 aliphatic carbocycles. The van der Waals surface area contributed by atoms with Crippen molar-refractivity contribution in [3.8, 4) is 0 Å². The van der Waals surface area contributed by atoms with Gasteiger partial charge in [0.2, 0.25) is 0 Å². The number of carbonyl (C=O) groups excluding carboxylic acids is 1. The fraction of sp³-hybridized carbons (Fsp3) is 0.357. The molecule has 0 aliphatic heterocycles. The van der Waals surface area contributed by atoms with Crippen LogP contribution in [0.3, 0.4) is 0 Å². The van der Waals surface area contributed by atoms with Crippen LogP contribution >= 0.6 is 11.6 Å². The molecule has 2 N–H and O–H groups in total. The molecule has 2 aromatic rings. The number of aromatic nitrogens is 3. The number of hydrogen-bond donors (Lipinski definition) is 2. The second-order valence-electron chi connectivity index (χ2n) is 5.14. The smallest absolute Gasteiger partial charge is 0.326 e. The first kappa shape index (κ1) is 16.1. The molecule has 0 saturated carbocycles. The van der Waals surface area contributed by atoms with Crippen LogP contribution in [0.2, 0.25) is 5.02 Å². The largest absolute Gasteiger partial charge is 0.480 e. The van der Waals surface area contributed by atoms with Gasteiger partial charge in [-0.3, -0.25) is 9.48 Å². The Balaban J connectivity index is 2.15. The van der Waals surface area contributed by atoms with Crippen LogP contribution in [-0.2, 0) is 25.3 Å². The topological polar surface area (TPSA) is 89.2 Å². The number of nitrogens with one attached hydrogen (secondary N) is 1. The van der Waals surface area contributed by atoms with Gasteiger partial charge in [0.05, 0.1) is 10.7 Å².